The molecule has 0 saturated heterocycles. The van der Waals surface area contributed by atoms with Crippen molar-refractivity contribution in [2.24, 2.45) is 0 Å². The van der Waals surface area contributed by atoms with E-state index in [1.807, 2.05) is 11.3 Å². The average molecular weight is 826 g/mol. The molecule has 0 amide bonds. The van der Waals surface area contributed by atoms with E-state index < -0.39 is 0 Å². The van der Waals surface area contributed by atoms with Crippen LogP contribution in [0.2, 0.25) is 0 Å². The van der Waals surface area contributed by atoms with Crippen LogP contribution in [-0.2, 0) is 0 Å². The number of furan rings is 1. The summed E-state index contributed by atoms with van der Waals surface area (Å²) in [4.78, 5) is 7.17. The van der Waals surface area contributed by atoms with Gasteiger partial charge in [0.15, 0.2) is 0 Å². The van der Waals surface area contributed by atoms with Crippen molar-refractivity contribution in [2.75, 3.05) is 14.7 Å². The molecule has 0 unspecified atom stereocenters. The standard InChI is InChI=1S/C58H39N3OS/c1-6-20-41(21-7-1)59(42-22-8-2-9-23-42)46-34-36-54-50(37-46)57-52(60(43-24-10-3-11-25-43)44-26-12-4-13-27-44)38-47(39-55(57)63-54)61(45-28-14-5-15-29-45)51-31-18-32-53-56(51)49-35-33-40-19-16-17-30-48(40)58(49)62-53/h1-39H. The van der Waals surface area contributed by atoms with Gasteiger partial charge in [0.05, 0.1) is 16.8 Å². The highest BCUT2D eigenvalue weighted by atomic mass is 32.1. The number of hydrogen-bond donors (Lipinski definition) is 0. The second kappa shape index (κ2) is 15.4. The molecule has 0 atom stereocenters. The third-order valence-corrected chi connectivity index (χ3v) is 13.1. The zero-order valence-electron chi connectivity index (χ0n) is 34.2. The second-order valence-corrected chi connectivity index (χ2v) is 16.8. The van der Waals surface area contributed by atoms with Crippen molar-refractivity contribution in [2.45, 2.75) is 0 Å². The Morgan fingerprint density at radius 3 is 1.44 bits per heavy atom. The van der Waals surface area contributed by atoms with Gasteiger partial charge in [-0.25, -0.2) is 0 Å². The molecule has 63 heavy (non-hydrogen) atoms. The molecule has 12 aromatic rings. The van der Waals surface area contributed by atoms with Crippen molar-refractivity contribution in [1.82, 2.24) is 0 Å². The molecule has 2 heterocycles. The van der Waals surface area contributed by atoms with E-state index >= 15 is 0 Å². The molecule has 0 radical (unpaired) electrons. The van der Waals surface area contributed by atoms with Crippen molar-refractivity contribution < 1.29 is 4.42 Å². The molecule has 0 spiro atoms. The van der Waals surface area contributed by atoms with Gasteiger partial charge in [-0.05, 0) is 115 Å². The minimum absolute atomic E-state index is 0.854. The predicted octanol–water partition coefficient (Wildman–Crippen LogP) is 17.5. The summed E-state index contributed by atoms with van der Waals surface area (Å²) in [6.07, 6.45) is 0. The van der Waals surface area contributed by atoms with Crippen LogP contribution < -0.4 is 14.7 Å². The van der Waals surface area contributed by atoms with Gasteiger partial charge in [-0.15, -0.1) is 11.3 Å². The van der Waals surface area contributed by atoms with Crippen molar-refractivity contribution in [3.8, 4) is 0 Å². The second-order valence-electron chi connectivity index (χ2n) is 15.7. The molecule has 0 fully saturated rings. The number of fused-ring (bicyclic) bond motifs is 8. The largest absolute Gasteiger partial charge is 0.455 e. The van der Waals surface area contributed by atoms with Crippen molar-refractivity contribution >= 4 is 115 Å². The van der Waals surface area contributed by atoms with E-state index in [0.29, 0.717) is 0 Å². The van der Waals surface area contributed by atoms with Crippen LogP contribution in [-0.4, -0.2) is 0 Å². The zero-order valence-corrected chi connectivity index (χ0v) is 35.0. The fraction of sp³-hybridized carbons (Fsp3) is 0. The molecular formula is C58H39N3OS. The Morgan fingerprint density at radius 2 is 0.841 bits per heavy atom. The van der Waals surface area contributed by atoms with Crippen LogP contribution in [0.4, 0.5) is 51.2 Å². The Kier molecular flexibility index (Phi) is 8.98. The Hall–Kier alpha value is -8.12. The molecule has 0 aliphatic carbocycles. The first-order chi connectivity index (χ1) is 31.3. The lowest BCUT2D eigenvalue weighted by molar-refractivity contribution is 0.672. The summed E-state index contributed by atoms with van der Waals surface area (Å²) < 4.78 is 9.18. The Labute approximate surface area is 369 Å². The molecule has 5 heteroatoms. The molecule has 4 nitrogen and oxygen atoms in total. The van der Waals surface area contributed by atoms with Gasteiger partial charge < -0.3 is 19.1 Å². The first-order valence-electron chi connectivity index (χ1n) is 21.3. The molecule has 12 rings (SSSR count). The van der Waals surface area contributed by atoms with Gasteiger partial charge >= 0.3 is 0 Å². The highest BCUT2D eigenvalue weighted by Crippen LogP contribution is 2.51. The number of rotatable bonds is 9. The number of benzene rings is 10. The molecule has 0 saturated carbocycles. The lowest BCUT2D eigenvalue weighted by Crippen LogP contribution is -2.13. The van der Waals surface area contributed by atoms with E-state index in [1.165, 1.54) is 20.2 Å². The van der Waals surface area contributed by atoms with Crippen LogP contribution in [0.3, 0.4) is 0 Å². The summed E-state index contributed by atoms with van der Waals surface area (Å²) in [7, 11) is 0. The topological polar surface area (TPSA) is 22.9 Å². The van der Waals surface area contributed by atoms with E-state index in [-0.39, 0.29) is 0 Å². The number of para-hydroxylation sites is 5. The monoisotopic (exact) mass is 825 g/mol. The zero-order chi connectivity index (χ0) is 41.7. The first-order valence-corrected chi connectivity index (χ1v) is 22.1. The maximum atomic E-state index is 6.77. The molecule has 298 valence electrons. The van der Waals surface area contributed by atoms with Gasteiger partial charge in [-0.3, -0.25) is 0 Å². The van der Waals surface area contributed by atoms with Gasteiger partial charge in [0.1, 0.15) is 11.2 Å². The molecule has 0 N–H and O–H groups in total. The fourth-order valence-corrected chi connectivity index (χ4v) is 10.4. The Balaban J connectivity index is 1.16. The number of thiophene rings is 1. The summed E-state index contributed by atoms with van der Waals surface area (Å²) in [5, 5.41) is 6.83. The number of nitrogens with zero attached hydrogens (tertiary/aromatic N) is 3. The predicted molar refractivity (Wildman–Crippen MR) is 268 cm³/mol. The highest BCUT2D eigenvalue weighted by molar-refractivity contribution is 7.26. The number of anilines is 9. The lowest BCUT2D eigenvalue weighted by Gasteiger charge is -2.30. The van der Waals surface area contributed by atoms with Crippen molar-refractivity contribution in [1.29, 1.82) is 0 Å². The minimum Gasteiger partial charge on any atom is -0.455 e. The summed E-state index contributed by atoms with van der Waals surface area (Å²) >= 11 is 1.84. The quantitative estimate of drug-likeness (QED) is 0.145. The van der Waals surface area contributed by atoms with Gasteiger partial charge in [0, 0.05) is 70.8 Å². The van der Waals surface area contributed by atoms with Crippen molar-refractivity contribution in [3.05, 3.63) is 237 Å². The molecule has 0 bridgehead atoms. The van der Waals surface area contributed by atoms with Crippen LogP contribution >= 0.6 is 11.3 Å². The van der Waals surface area contributed by atoms with E-state index in [0.717, 1.165) is 83.9 Å². The third kappa shape index (κ3) is 6.37. The van der Waals surface area contributed by atoms with Gasteiger partial charge in [0.2, 0.25) is 0 Å². The molecule has 10 aromatic carbocycles. The van der Waals surface area contributed by atoms with Crippen LogP contribution in [0.15, 0.2) is 241 Å². The van der Waals surface area contributed by atoms with Gasteiger partial charge in [-0.1, -0.05) is 127 Å². The normalized spacial score (nSPS) is 11.5. The van der Waals surface area contributed by atoms with E-state index in [1.54, 1.807) is 0 Å². The summed E-state index contributed by atoms with van der Waals surface area (Å²) in [5.74, 6) is 0. The van der Waals surface area contributed by atoms with E-state index in [2.05, 4.69) is 251 Å². The maximum Gasteiger partial charge on any atom is 0.143 e. The molecular weight excluding hydrogens is 787 g/mol. The number of hydrogen-bond acceptors (Lipinski definition) is 5. The highest BCUT2D eigenvalue weighted by Gasteiger charge is 2.26. The van der Waals surface area contributed by atoms with Crippen LogP contribution in [0.1, 0.15) is 0 Å². The maximum absolute atomic E-state index is 6.77. The van der Waals surface area contributed by atoms with E-state index in [4.69, 9.17) is 4.42 Å². The van der Waals surface area contributed by atoms with Crippen LogP contribution in [0, 0.1) is 0 Å². The molecule has 0 aliphatic heterocycles. The molecule has 2 aromatic heterocycles. The van der Waals surface area contributed by atoms with Crippen molar-refractivity contribution in [3.63, 3.8) is 0 Å². The van der Waals surface area contributed by atoms with E-state index in [9.17, 15) is 0 Å². The minimum atomic E-state index is 0.854. The third-order valence-electron chi connectivity index (χ3n) is 12.0. The Morgan fingerprint density at radius 1 is 0.302 bits per heavy atom. The van der Waals surface area contributed by atoms with Gasteiger partial charge in [-0.2, -0.15) is 0 Å². The lowest BCUT2D eigenvalue weighted by atomic mass is 10.0. The van der Waals surface area contributed by atoms with Crippen LogP contribution in [0.25, 0.3) is 52.9 Å². The van der Waals surface area contributed by atoms with Gasteiger partial charge in [0.25, 0.3) is 0 Å². The first kappa shape index (κ1) is 36.7. The summed E-state index contributed by atoms with van der Waals surface area (Å²) in [6.45, 7) is 0. The SMILES string of the molecule is c1ccc(N(c2ccccc2)c2ccc3sc4cc(N(c5ccccc5)c5cccc6oc7c8ccccc8ccc7c56)cc(N(c5ccccc5)c5ccccc5)c4c3c2)cc1. The summed E-state index contributed by atoms with van der Waals surface area (Å²) in [5.41, 5.74) is 11.5. The Bertz CT molecular complexity index is 3490. The van der Waals surface area contributed by atoms with Crippen LogP contribution in [0.5, 0.6) is 0 Å². The fourth-order valence-electron chi connectivity index (χ4n) is 9.21. The summed E-state index contributed by atoms with van der Waals surface area (Å²) in [6, 6.07) is 84.5. The molecule has 0 aliphatic rings. The smallest absolute Gasteiger partial charge is 0.143 e. The average Bonchev–Trinajstić information content (AvgIpc) is 3.93.